The van der Waals surface area contributed by atoms with E-state index in [4.69, 9.17) is 5.73 Å². The third kappa shape index (κ3) is 1.67. The molecule has 1 atom stereocenters. The van der Waals surface area contributed by atoms with Crippen LogP contribution in [0.1, 0.15) is 38.4 Å². The van der Waals surface area contributed by atoms with Crippen LogP contribution in [0.5, 0.6) is 5.75 Å². The van der Waals surface area contributed by atoms with Crippen molar-refractivity contribution in [3.63, 3.8) is 0 Å². The monoisotopic (exact) mass is 218 g/mol. The van der Waals surface area contributed by atoms with Crippen molar-refractivity contribution in [2.24, 2.45) is 5.73 Å². The van der Waals surface area contributed by atoms with E-state index in [1.165, 1.54) is 0 Å². The van der Waals surface area contributed by atoms with Crippen LogP contribution in [0.3, 0.4) is 0 Å². The molecule has 16 heavy (non-hydrogen) atoms. The minimum Gasteiger partial charge on any atom is -0.508 e. The summed E-state index contributed by atoms with van der Waals surface area (Å²) in [6.45, 7) is 6.23. The fourth-order valence-corrected chi connectivity index (χ4v) is 2.06. The largest absolute Gasteiger partial charge is 0.508 e. The second-order valence-corrected chi connectivity index (χ2v) is 4.58. The summed E-state index contributed by atoms with van der Waals surface area (Å²) in [6, 6.07) is 5.80. The highest BCUT2D eigenvalue weighted by Crippen LogP contribution is 2.30. The van der Waals surface area contributed by atoms with E-state index in [2.05, 4.69) is 24.6 Å². The molecule has 0 amide bonds. The maximum Gasteiger partial charge on any atom is 0.116 e. The third-order valence-electron chi connectivity index (χ3n) is 2.89. The molecule has 1 heterocycles. The Kier molecular flexibility index (Phi) is 2.64. The first-order valence-electron chi connectivity index (χ1n) is 5.59. The molecule has 0 saturated heterocycles. The smallest absolute Gasteiger partial charge is 0.116 e. The van der Waals surface area contributed by atoms with Gasteiger partial charge in [-0.2, -0.15) is 0 Å². The van der Waals surface area contributed by atoms with E-state index in [0.717, 1.165) is 16.5 Å². The average molecular weight is 218 g/mol. The van der Waals surface area contributed by atoms with Gasteiger partial charge in [-0.05, 0) is 44.5 Å². The van der Waals surface area contributed by atoms with Crippen LogP contribution in [0.4, 0.5) is 0 Å². The molecule has 0 saturated carbocycles. The number of nitrogens with two attached hydrogens (primary N) is 1. The predicted octanol–water partition coefficient (Wildman–Crippen LogP) is 2.95. The minimum atomic E-state index is -0.0238. The van der Waals surface area contributed by atoms with Gasteiger partial charge in [0.25, 0.3) is 0 Å². The van der Waals surface area contributed by atoms with Gasteiger partial charge >= 0.3 is 0 Å². The molecule has 0 spiro atoms. The van der Waals surface area contributed by atoms with Crippen LogP contribution >= 0.6 is 0 Å². The molecule has 1 aromatic heterocycles. The van der Waals surface area contributed by atoms with Crippen LogP contribution in [0.2, 0.25) is 0 Å². The van der Waals surface area contributed by atoms with E-state index in [1.807, 2.05) is 13.0 Å². The number of fused-ring (bicyclic) bond motifs is 1. The third-order valence-corrected chi connectivity index (χ3v) is 2.89. The summed E-state index contributed by atoms with van der Waals surface area (Å²) in [4.78, 5) is 0. The van der Waals surface area contributed by atoms with Crippen LogP contribution in [0, 0.1) is 0 Å². The fraction of sp³-hybridized carbons (Fsp3) is 0.385. The van der Waals surface area contributed by atoms with E-state index >= 15 is 0 Å². The summed E-state index contributed by atoms with van der Waals surface area (Å²) in [5, 5.41) is 10.6. The highest BCUT2D eigenvalue weighted by atomic mass is 16.3. The molecule has 0 fully saturated rings. The van der Waals surface area contributed by atoms with Gasteiger partial charge in [0.2, 0.25) is 0 Å². The van der Waals surface area contributed by atoms with Crippen molar-refractivity contribution in [1.82, 2.24) is 4.57 Å². The number of phenols is 1. The topological polar surface area (TPSA) is 51.2 Å². The normalized spacial score (nSPS) is 13.6. The summed E-state index contributed by atoms with van der Waals surface area (Å²) >= 11 is 0. The Morgan fingerprint density at radius 3 is 2.50 bits per heavy atom. The Hall–Kier alpha value is -1.48. The number of aromatic nitrogens is 1. The van der Waals surface area contributed by atoms with E-state index in [1.54, 1.807) is 12.1 Å². The quantitative estimate of drug-likeness (QED) is 0.814. The first-order valence-corrected chi connectivity index (χ1v) is 5.59. The standard InChI is InChI=1S/C13H18N2O/c1-8(2)15-7-12(9(3)14)11-6-10(16)4-5-13(11)15/h4-9,16H,14H2,1-3H3. The molecule has 0 aliphatic rings. The summed E-state index contributed by atoms with van der Waals surface area (Å²) < 4.78 is 2.19. The van der Waals surface area contributed by atoms with Crippen LogP contribution < -0.4 is 5.73 Å². The predicted molar refractivity (Wildman–Crippen MR) is 66.6 cm³/mol. The lowest BCUT2D eigenvalue weighted by Crippen LogP contribution is -2.04. The number of rotatable bonds is 2. The lowest BCUT2D eigenvalue weighted by molar-refractivity contribution is 0.476. The van der Waals surface area contributed by atoms with Crippen molar-refractivity contribution < 1.29 is 5.11 Å². The van der Waals surface area contributed by atoms with Gasteiger partial charge in [0.15, 0.2) is 0 Å². The Bertz CT molecular complexity index is 512. The minimum absolute atomic E-state index is 0.0238. The summed E-state index contributed by atoms with van der Waals surface area (Å²) in [5.74, 6) is 0.288. The van der Waals surface area contributed by atoms with Gasteiger partial charge in [-0.15, -0.1) is 0 Å². The molecule has 0 radical (unpaired) electrons. The average Bonchev–Trinajstić information content (AvgIpc) is 2.56. The maximum absolute atomic E-state index is 9.53. The number of nitrogens with zero attached hydrogens (tertiary/aromatic N) is 1. The number of hydrogen-bond donors (Lipinski definition) is 2. The summed E-state index contributed by atoms with van der Waals surface area (Å²) in [5.41, 5.74) is 8.16. The molecule has 2 aromatic rings. The Morgan fingerprint density at radius 1 is 1.25 bits per heavy atom. The molecule has 0 bridgehead atoms. The second kappa shape index (κ2) is 3.83. The van der Waals surface area contributed by atoms with Gasteiger partial charge in [-0.25, -0.2) is 0 Å². The SMILES string of the molecule is CC(N)c1cn(C(C)C)c2ccc(O)cc12. The maximum atomic E-state index is 9.53. The van der Waals surface area contributed by atoms with Crippen LogP contribution in [0.15, 0.2) is 24.4 Å². The summed E-state index contributed by atoms with van der Waals surface area (Å²) in [6.07, 6.45) is 2.08. The Labute approximate surface area is 95.5 Å². The molecular weight excluding hydrogens is 200 g/mol. The first kappa shape index (κ1) is 11.0. The number of aromatic hydroxyl groups is 1. The highest BCUT2D eigenvalue weighted by Gasteiger charge is 2.13. The lowest BCUT2D eigenvalue weighted by atomic mass is 10.1. The van der Waals surface area contributed by atoms with Crippen LogP contribution in [-0.4, -0.2) is 9.67 Å². The van der Waals surface area contributed by atoms with Gasteiger partial charge in [0.1, 0.15) is 5.75 Å². The van der Waals surface area contributed by atoms with Crippen molar-refractivity contribution >= 4 is 10.9 Å². The number of hydrogen-bond acceptors (Lipinski definition) is 2. The molecule has 3 N–H and O–H groups in total. The van der Waals surface area contributed by atoms with Crippen molar-refractivity contribution in [3.05, 3.63) is 30.0 Å². The van der Waals surface area contributed by atoms with E-state index in [0.29, 0.717) is 6.04 Å². The van der Waals surface area contributed by atoms with Gasteiger partial charge < -0.3 is 15.4 Å². The van der Waals surface area contributed by atoms with Crippen molar-refractivity contribution in [1.29, 1.82) is 0 Å². The highest BCUT2D eigenvalue weighted by molar-refractivity contribution is 5.86. The van der Waals surface area contributed by atoms with Crippen LogP contribution in [-0.2, 0) is 0 Å². The zero-order valence-electron chi connectivity index (χ0n) is 9.94. The lowest BCUT2D eigenvalue weighted by Gasteiger charge is -2.08. The van der Waals surface area contributed by atoms with Crippen molar-refractivity contribution in [3.8, 4) is 5.75 Å². The zero-order chi connectivity index (χ0) is 11.9. The number of phenolic OH excluding ortho intramolecular Hbond substituents is 1. The molecular formula is C13H18N2O. The number of benzene rings is 1. The molecule has 1 aromatic carbocycles. The van der Waals surface area contributed by atoms with Gasteiger partial charge in [-0.1, -0.05) is 0 Å². The molecule has 0 aliphatic carbocycles. The van der Waals surface area contributed by atoms with E-state index in [-0.39, 0.29) is 11.8 Å². The molecule has 3 heteroatoms. The van der Waals surface area contributed by atoms with Gasteiger partial charge in [-0.3, -0.25) is 0 Å². The van der Waals surface area contributed by atoms with Crippen molar-refractivity contribution in [2.75, 3.05) is 0 Å². The summed E-state index contributed by atoms with van der Waals surface area (Å²) in [7, 11) is 0. The molecule has 1 unspecified atom stereocenters. The Morgan fingerprint density at radius 2 is 1.94 bits per heavy atom. The van der Waals surface area contributed by atoms with E-state index in [9.17, 15) is 5.11 Å². The van der Waals surface area contributed by atoms with Crippen molar-refractivity contribution in [2.45, 2.75) is 32.9 Å². The molecule has 86 valence electrons. The zero-order valence-corrected chi connectivity index (χ0v) is 9.94. The molecule has 0 aliphatic heterocycles. The van der Waals surface area contributed by atoms with Crippen LogP contribution in [0.25, 0.3) is 10.9 Å². The second-order valence-electron chi connectivity index (χ2n) is 4.58. The fourth-order valence-electron chi connectivity index (χ4n) is 2.06. The van der Waals surface area contributed by atoms with Gasteiger partial charge in [0, 0.05) is 29.2 Å². The van der Waals surface area contributed by atoms with E-state index < -0.39 is 0 Å². The van der Waals surface area contributed by atoms with Gasteiger partial charge in [0.05, 0.1) is 0 Å². The molecule has 2 rings (SSSR count). The Balaban J connectivity index is 2.76. The first-order chi connectivity index (χ1) is 7.50. The molecule has 3 nitrogen and oxygen atoms in total.